The lowest BCUT2D eigenvalue weighted by Crippen LogP contribution is -2.16. The Hall–Kier alpha value is -1.96. The number of aliphatic carboxylic acids is 1. The van der Waals surface area contributed by atoms with Crippen LogP contribution in [0.1, 0.15) is 19.1 Å². The van der Waals surface area contributed by atoms with Gasteiger partial charge in [-0.25, -0.2) is 0 Å². The normalized spacial score (nSPS) is 12.3. The van der Waals surface area contributed by atoms with E-state index in [2.05, 4.69) is 10.2 Å². The van der Waals surface area contributed by atoms with Crippen LogP contribution < -0.4 is 0 Å². The maximum atomic E-state index is 11.4. The molecule has 0 aliphatic rings. The van der Waals surface area contributed by atoms with Gasteiger partial charge >= 0.3 is 5.97 Å². The largest absolute Gasteiger partial charge is 0.480 e. The number of halogens is 2. The number of carboxylic acids is 1. The van der Waals surface area contributed by atoms with Crippen molar-refractivity contribution >= 4 is 40.9 Å². The molecule has 1 unspecified atom stereocenters. The molecule has 9 heteroatoms. The molecule has 6 nitrogen and oxygen atoms in total. The van der Waals surface area contributed by atoms with Gasteiger partial charge in [0, 0.05) is 0 Å². The van der Waals surface area contributed by atoms with Crippen LogP contribution in [0.2, 0.25) is 10.0 Å². The fourth-order valence-corrected chi connectivity index (χ4v) is 3.86. The smallest absolute Gasteiger partial charge is 0.317 e. The molecule has 2 heterocycles. The Morgan fingerprint density at radius 2 is 1.96 bits per heavy atom. The van der Waals surface area contributed by atoms with Crippen molar-refractivity contribution < 1.29 is 14.3 Å². The number of hydrogen-bond acceptors (Lipinski definition) is 5. The maximum Gasteiger partial charge on any atom is 0.317 e. The van der Waals surface area contributed by atoms with Crippen LogP contribution in [0.4, 0.5) is 0 Å². The number of rotatable bonds is 6. The third kappa shape index (κ3) is 3.60. The molecule has 0 saturated carbocycles. The minimum Gasteiger partial charge on any atom is -0.480 e. The summed E-state index contributed by atoms with van der Waals surface area (Å²) in [6.45, 7) is 3.62. The molecule has 0 fully saturated rings. The zero-order chi connectivity index (χ0) is 18.8. The highest BCUT2D eigenvalue weighted by Crippen LogP contribution is 2.37. The Bertz CT molecular complexity index is 934. The Labute approximate surface area is 164 Å². The summed E-state index contributed by atoms with van der Waals surface area (Å²) in [6, 6.07) is 8.70. The average Bonchev–Trinajstić information content (AvgIpc) is 3.18. The summed E-state index contributed by atoms with van der Waals surface area (Å²) in [5.74, 6) is 0.677. The summed E-state index contributed by atoms with van der Waals surface area (Å²) < 4.78 is 7.31. The second kappa shape index (κ2) is 7.73. The number of aryl methyl sites for hydroxylation is 1. The first-order valence-electron chi connectivity index (χ1n) is 7.78. The predicted octanol–water partition coefficient (Wildman–Crippen LogP) is 5.10. The number of carbonyl (C=O) groups is 1. The van der Waals surface area contributed by atoms with Crippen LogP contribution in [0.25, 0.3) is 17.3 Å². The first-order chi connectivity index (χ1) is 12.4. The van der Waals surface area contributed by atoms with Gasteiger partial charge in [0.05, 0.1) is 15.7 Å². The summed E-state index contributed by atoms with van der Waals surface area (Å²) in [6.07, 6.45) is 0.429. The number of para-hydroxylation sites is 1. The summed E-state index contributed by atoms with van der Waals surface area (Å²) in [7, 11) is 0. The second-order valence-electron chi connectivity index (χ2n) is 5.48. The summed E-state index contributed by atoms with van der Waals surface area (Å²) in [5.41, 5.74) is 0.479. The van der Waals surface area contributed by atoms with Gasteiger partial charge in [0.2, 0.25) is 5.82 Å². The van der Waals surface area contributed by atoms with E-state index in [0.717, 1.165) is 11.8 Å². The van der Waals surface area contributed by atoms with Crippen LogP contribution >= 0.6 is 35.0 Å². The highest BCUT2D eigenvalue weighted by molar-refractivity contribution is 8.00. The van der Waals surface area contributed by atoms with Crippen LogP contribution in [-0.4, -0.2) is 31.1 Å². The number of aromatic nitrogens is 3. The lowest BCUT2D eigenvalue weighted by atomic mass is 10.3. The average molecular weight is 412 g/mol. The maximum absolute atomic E-state index is 11.4. The second-order valence-corrected chi connectivity index (χ2v) is 7.46. The SMILES string of the molecule is CCC(Sc1nnc(-c2ccc(C)o2)n1-c1c(Cl)cccc1Cl)C(=O)O. The first-order valence-corrected chi connectivity index (χ1v) is 9.42. The molecule has 0 saturated heterocycles. The Morgan fingerprint density at radius 1 is 1.27 bits per heavy atom. The number of nitrogens with zero attached hydrogens (tertiary/aromatic N) is 3. The molecule has 136 valence electrons. The van der Waals surface area contributed by atoms with E-state index < -0.39 is 11.2 Å². The van der Waals surface area contributed by atoms with E-state index in [0.29, 0.717) is 44.7 Å². The molecule has 26 heavy (non-hydrogen) atoms. The third-order valence-electron chi connectivity index (χ3n) is 3.65. The van der Waals surface area contributed by atoms with Gasteiger partial charge in [-0.05, 0) is 37.6 Å². The molecule has 2 aromatic heterocycles. The van der Waals surface area contributed by atoms with Crippen molar-refractivity contribution in [2.45, 2.75) is 30.7 Å². The van der Waals surface area contributed by atoms with Crippen molar-refractivity contribution in [2.24, 2.45) is 0 Å². The van der Waals surface area contributed by atoms with Crippen molar-refractivity contribution in [2.75, 3.05) is 0 Å². The van der Waals surface area contributed by atoms with E-state index in [4.69, 9.17) is 27.6 Å². The minimum atomic E-state index is -0.923. The van der Waals surface area contributed by atoms with Crippen LogP contribution in [-0.2, 0) is 4.79 Å². The Morgan fingerprint density at radius 3 is 2.50 bits per heavy atom. The zero-order valence-corrected chi connectivity index (χ0v) is 16.3. The number of thioether (sulfide) groups is 1. The molecule has 0 aliphatic carbocycles. The zero-order valence-electron chi connectivity index (χ0n) is 13.9. The quantitative estimate of drug-likeness (QED) is 0.568. The third-order valence-corrected chi connectivity index (χ3v) is 5.55. The van der Waals surface area contributed by atoms with Gasteiger partial charge in [0.15, 0.2) is 10.9 Å². The van der Waals surface area contributed by atoms with Crippen LogP contribution in [0.3, 0.4) is 0 Å². The molecule has 0 radical (unpaired) electrons. The van der Waals surface area contributed by atoms with E-state index in [-0.39, 0.29) is 0 Å². The highest BCUT2D eigenvalue weighted by atomic mass is 35.5. The molecule has 3 rings (SSSR count). The topological polar surface area (TPSA) is 81.2 Å². The van der Waals surface area contributed by atoms with Gasteiger partial charge in [0.1, 0.15) is 11.0 Å². The van der Waals surface area contributed by atoms with Crippen molar-refractivity contribution in [3.8, 4) is 17.3 Å². The Balaban J connectivity index is 2.20. The van der Waals surface area contributed by atoms with E-state index in [1.807, 2.05) is 13.0 Å². The fraction of sp³-hybridized carbons (Fsp3) is 0.235. The van der Waals surface area contributed by atoms with Crippen molar-refractivity contribution in [1.29, 1.82) is 0 Å². The molecular formula is C17H15Cl2N3O3S. The van der Waals surface area contributed by atoms with Crippen molar-refractivity contribution in [3.63, 3.8) is 0 Å². The van der Waals surface area contributed by atoms with Gasteiger partial charge in [-0.1, -0.05) is 48.0 Å². The van der Waals surface area contributed by atoms with Gasteiger partial charge in [-0.15, -0.1) is 10.2 Å². The molecule has 1 aromatic carbocycles. The molecule has 0 aliphatic heterocycles. The molecule has 1 N–H and O–H groups in total. The molecule has 0 bridgehead atoms. The summed E-state index contributed by atoms with van der Waals surface area (Å²) >= 11 is 13.8. The van der Waals surface area contributed by atoms with Crippen LogP contribution in [0.15, 0.2) is 39.9 Å². The standard InChI is InChI=1S/C17H15Cl2N3O3S/c1-3-13(16(23)24)26-17-21-20-15(12-8-7-9(2)25-12)22(17)14-10(18)5-4-6-11(14)19/h4-8,13H,3H2,1-2H3,(H,23,24). The fourth-order valence-electron chi connectivity index (χ4n) is 2.40. The molecule has 3 aromatic rings. The number of furan rings is 1. The molecule has 0 spiro atoms. The van der Waals surface area contributed by atoms with Crippen molar-refractivity contribution in [3.05, 3.63) is 46.1 Å². The molecule has 1 atom stereocenters. The highest BCUT2D eigenvalue weighted by Gasteiger charge is 2.26. The molecule has 0 amide bonds. The lowest BCUT2D eigenvalue weighted by Gasteiger charge is -2.14. The Kier molecular flexibility index (Phi) is 5.60. The number of benzene rings is 1. The lowest BCUT2D eigenvalue weighted by molar-refractivity contribution is -0.136. The van der Waals surface area contributed by atoms with E-state index in [9.17, 15) is 9.90 Å². The van der Waals surface area contributed by atoms with Crippen molar-refractivity contribution in [1.82, 2.24) is 14.8 Å². The minimum absolute atomic E-state index is 0.373. The van der Waals surface area contributed by atoms with Crippen LogP contribution in [0, 0.1) is 6.92 Å². The first kappa shape index (κ1) is 18.8. The number of hydrogen-bond donors (Lipinski definition) is 1. The predicted molar refractivity (Wildman–Crippen MR) is 101 cm³/mol. The summed E-state index contributed by atoms with van der Waals surface area (Å²) in [5, 5.41) is 18.2. The van der Waals surface area contributed by atoms with E-state index in [1.165, 1.54) is 0 Å². The van der Waals surface area contributed by atoms with Gasteiger partial charge in [-0.3, -0.25) is 9.36 Å². The van der Waals surface area contributed by atoms with E-state index in [1.54, 1.807) is 35.8 Å². The summed E-state index contributed by atoms with van der Waals surface area (Å²) in [4.78, 5) is 11.4. The van der Waals surface area contributed by atoms with E-state index >= 15 is 0 Å². The van der Waals surface area contributed by atoms with Gasteiger partial charge < -0.3 is 9.52 Å². The monoisotopic (exact) mass is 411 g/mol. The van der Waals surface area contributed by atoms with Gasteiger partial charge in [-0.2, -0.15) is 0 Å². The number of carboxylic acid groups (broad SMARTS) is 1. The van der Waals surface area contributed by atoms with Crippen LogP contribution in [0.5, 0.6) is 0 Å². The van der Waals surface area contributed by atoms with Gasteiger partial charge in [0.25, 0.3) is 0 Å². The molecular weight excluding hydrogens is 397 g/mol.